The molecular formula is C76H94O6. The molecule has 0 saturated carbocycles. The number of benzene rings is 7. The lowest BCUT2D eigenvalue weighted by atomic mass is 9.67. The molecule has 0 bridgehead atoms. The molecule has 7 aromatic carbocycles. The quantitative estimate of drug-likeness (QED) is 0.0397. The first-order valence-electron chi connectivity index (χ1n) is 30.2. The summed E-state index contributed by atoms with van der Waals surface area (Å²) < 4.78 is 23.2. The highest BCUT2D eigenvalue weighted by molar-refractivity contribution is 5.93. The van der Waals surface area contributed by atoms with Crippen molar-refractivity contribution in [1.82, 2.24) is 0 Å². The number of rotatable bonds is 26. The van der Waals surface area contributed by atoms with Crippen molar-refractivity contribution in [2.45, 2.75) is 196 Å². The summed E-state index contributed by atoms with van der Waals surface area (Å²) in [5, 5.41) is 0. The SMILES string of the molecule is CCCCCCc1cc(C(C)(C)c2cc(C)c(C(C)(C)c3ccc(C(=O)OC)c(OCc4ccccc4)c3)cc2C)c(CCCCCC)cc1C(C)(C)c1cc(C)c(C(C)(C)c2ccc(C(=O)OC)c(OCc3ccccc3)c2)cc1C. The van der Waals surface area contributed by atoms with Crippen molar-refractivity contribution in [3.8, 4) is 11.5 Å². The zero-order chi connectivity index (χ0) is 59.6. The van der Waals surface area contributed by atoms with Crippen LogP contribution in [0.2, 0.25) is 0 Å². The normalized spacial score (nSPS) is 12.1. The molecule has 0 amide bonds. The molecule has 0 aliphatic carbocycles. The number of aryl methyl sites for hydroxylation is 6. The number of methoxy groups -OCH3 is 2. The summed E-state index contributed by atoms with van der Waals surface area (Å²) in [6.07, 6.45) is 11.6. The fraction of sp³-hybridized carbons (Fsp3) is 0.421. The molecule has 7 rings (SSSR count). The van der Waals surface area contributed by atoms with E-state index in [4.69, 9.17) is 18.9 Å². The highest BCUT2D eigenvalue weighted by Gasteiger charge is 2.36. The van der Waals surface area contributed by atoms with Gasteiger partial charge in [0.1, 0.15) is 35.8 Å². The summed E-state index contributed by atoms with van der Waals surface area (Å²) in [5.74, 6) is 0.200. The van der Waals surface area contributed by atoms with E-state index >= 15 is 0 Å². The van der Waals surface area contributed by atoms with Gasteiger partial charge >= 0.3 is 11.9 Å². The maximum atomic E-state index is 13.0. The van der Waals surface area contributed by atoms with E-state index in [-0.39, 0.29) is 10.8 Å². The number of unbranched alkanes of at least 4 members (excludes halogenated alkanes) is 6. The predicted octanol–water partition coefficient (Wildman–Crippen LogP) is 19.2. The highest BCUT2D eigenvalue weighted by atomic mass is 16.5. The summed E-state index contributed by atoms with van der Waals surface area (Å²) in [7, 11) is 2.83. The molecule has 7 aromatic rings. The largest absolute Gasteiger partial charge is 0.488 e. The van der Waals surface area contributed by atoms with Gasteiger partial charge in [0.05, 0.1) is 14.2 Å². The van der Waals surface area contributed by atoms with E-state index in [9.17, 15) is 9.59 Å². The van der Waals surface area contributed by atoms with Crippen LogP contribution < -0.4 is 9.47 Å². The molecule has 0 unspecified atom stereocenters. The van der Waals surface area contributed by atoms with Gasteiger partial charge in [-0.25, -0.2) is 9.59 Å². The van der Waals surface area contributed by atoms with Crippen LogP contribution in [0.1, 0.15) is 230 Å². The van der Waals surface area contributed by atoms with Gasteiger partial charge in [0.15, 0.2) is 0 Å². The molecule has 0 radical (unpaired) electrons. The Hall–Kier alpha value is -6.92. The third kappa shape index (κ3) is 13.9. The lowest BCUT2D eigenvalue weighted by molar-refractivity contribution is 0.0586. The van der Waals surface area contributed by atoms with Crippen LogP contribution >= 0.6 is 0 Å². The average Bonchev–Trinajstić information content (AvgIpc) is 3.66. The molecule has 0 spiro atoms. The standard InChI is InChI=1S/C76H94O6/c1-17-19-21-29-35-57-45-68(76(13,14)66-44-52(4)64(42-54(66)6)74(9,10)60-38-40-62(72(78)80-16)70(48-60)82-50-56-33-27-24-28-34-56)58(36-30-22-20-18-2)46-67(57)75(11,12)65-43-51(3)63(41-53(65)5)73(7,8)59-37-39-61(71(77)79-15)69(47-59)81-49-55-31-25-23-26-32-55/h23-28,31-34,37-48H,17-22,29-30,35-36,49-50H2,1-16H3. The van der Waals surface area contributed by atoms with Crippen molar-refractivity contribution in [3.63, 3.8) is 0 Å². The van der Waals surface area contributed by atoms with Gasteiger partial charge in [-0.1, -0.05) is 217 Å². The Bertz CT molecular complexity index is 3100. The van der Waals surface area contributed by atoms with Crippen LogP contribution in [0, 0.1) is 27.7 Å². The molecule has 0 aromatic heterocycles. The number of esters is 2. The Morgan fingerprint density at radius 3 is 1.02 bits per heavy atom. The second kappa shape index (κ2) is 27.0. The van der Waals surface area contributed by atoms with Crippen LogP contribution in [0.5, 0.6) is 11.5 Å². The van der Waals surface area contributed by atoms with E-state index < -0.39 is 22.8 Å². The van der Waals surface area contributed by atoms with Gasteiger partial charge in [0, 0.05) is 21.7 Å². The summed E-state index contributed by atoms with van der Waals surface area (Å²) in [5.41, 5.74) is 19.5. The van der Waals surface area contributed by atoms with Crippen molar-refractivity contribution in [3.05, 3.63) is 234 Å². The molecule has 0 aliphatic rings. The Morgan fingerprint density at radius 1 is 0.378 bits per heavy atom. The molecule has 434 valence electrons. The molecule has 6 nitrogen and oxygen atoms in total. The van der Waals surface area contributed by atoms with Crippen LogP contribution in [0.25, 0.3) is 0 Å². The van der Waals surface area contributed by atoms with Crippen molar-refractivity contribution in [2.75, 3.05) is 14.2 Å². The zero-order valence-electron chi connectivity index (χ0n) is 52.6. The molecule has 0 fully saturated rings. The Balaban J connectivity index is 1.29. The monoisotopic (exact) mass is 1100 g/mol. The van der Waals surface area contributed by atoms with Crippen LogP contribution in [0.3, 0.4) is 0 Å². The summed E-state index contributed by atoms with van der Waals surface area (Å²) in [6.45, 7) is 33.3. The number of carbonyl (C=O) groups excluding carboxylic acids is 2. The predicted molar refractivity (Wildman–Crippen MR) is 340 cm³/mol. The van der Waals surface area contributed by atoms with E-state index in [2.05, 4.69) is 145 Å². The van der Waals surface area contributed by atoms with Gasteiger partial charge in [-0.2, -0.15) is 0 Å². The fourth-order valence-corrected chi connectivity index (χ4v) is 12.8. The maximum Gasteiger partial charge on any atom is 0.341 e. The number of hydrogen-bond acceptors (Lipinski definition) is 6. The van der Waals surface area contributed by atoms with Crippen LogP contribution in [-0.4, -0.2) is 26.2 Å². The first-order chi connectivity index (χ1) is 39.0. The van der Waals surface area contributed by atoms with Crippen molar-refractivity contribution < 1.29 is 28.5 Å². The summed E-state index contributed by atoms with van der Waals surface area (Å²) in [4.78, 5) is 26.1. The second-order valence-corrected chi connectivity index (χ2v) is 25.2. The van der Waals surface area contributed by atoms with Gasteiger partial charge in [0.25, 0.3) is 0 Å². The van der Waals surface area contributed by atoms with E-state index in [0.717, 1.165) is 47.9 Å². The third-order valence-electron chi connectivity index (χ3n) is 17.8. The molecule has 0 heterocycles. The Labute approximate surface area is 493 Å². The zero-order valence-corrected chi connectivity index (χ0v) is 52.6. The maximum absolute atomic E-state index is 13.0. The van der Waals surface area contributed by atoms with Crippen molar-refractivity contribution >= 4 is 11.9 Å². The average molecular weight is 1100 g/mol. The summed E-state index contributed by atoms with van der Waals surface area (Å²) >= 11 is 0. The number of ether oxygens (including phenoxy) is 4. The van der Waals surface area contributed by atoms with Gasteiger partial charge in [0.2, 0.25) is 0 Å². The summed E-state index contributed by atoms with van der Waals surface area (Å²) in [6, 6.07) is 47.0. The minimum absolute atomic E-state index is 0.305. The highest BCUT2D eigenvalue weighted by Crippen LogP contribution is 2.47. The van der Waals surface area contributed by atoms with E-state index in [1.54, 1.807) is 0 Å². The van der Waals surface area contributed by atoms with Crippen molar-refractivity contribution in [1.29, 1.82) is 0 Å². The van der Waals surface area contributed by atoms with Crippen LogP contribution in [0.4, 0.5) is 0 Å². The lowest BCUT2D eigenvalue weighted by Gasteiger charge is -2.37. The van der Waals surface area contributed by atoms with Crippen LogP contribution in [0.15, 0.2) is 133 Å². The first kappa shape index (κ1) is 62.7. The molecule has 6 heteroatoms. The van der Waals surface area contributed by atoms with Gasteiger partial charge in [-0.3, -0.25) is 0 Å². The molecule has 0 atom stereocenters. The molecule has 0 saturated heterocycles. The second-order valence-electron chi connectivity index (χ2n) is 25.2. The lowest BCUT2D eigenvalue weighted by Crippen LogP contribution is -2.28. The van der Waals surface area contributed by atoms with Gasteiger partial charge in [-0.15, -0.1) is 0 Å². The Kier molecular flexibility index (Phi) is 20.6. The van der Waals surface area contributed by atoms with E-state index in [1.807, 2.05) is 84.9 Å². The molecular weight excluding hydrogens is 1010 g/mol. The topological polar surface area (TPSA) is 71.1 Å². The van der Waals surface area contributed by atoms with Gasteiger partial charge < -0.3 is 18.9 Å². The molecule has 0 aliphatic heterocycles. The van der Waals surface area contributed by atoms with Crippen LogP contribution in [-0.2, 0) is 57.2 Å². The minimum Gasteiger partial charge on any atom is -0.488 e. The van der Waals surface area contributed by atoms with Gasteiger partial charge in [-0.05, 0) is 167 Å². The molecule has 0 N–H and O–H groups in total. The van der Waals surface area contributed by atoms with E-state index in [0.29, 0.717) is 35.8 Å². The smallest absolute Gasteiger partial charge is 0.341 e. The number of carbonyl (C=O) groups is 2. The molecule has 82 heavy (non-hydrogen) atoms. The minimum atomic E-state index is -0.418. The Morgan fingerprint density at radius 2 is 0.707 bits per heavy atom. The van der Waals surface area contributed by atoms with Crippen molar-refractivity contribution in [2.24, 2.45) is 0 Å². The third-order valence-corrected chi connectivity index (χ3v) is 17.8. The van der Waals surface area contributed by atoms with E-state index in [1.165, 1.54) is 120 Å². The fourth-order valence-electron chi connectivity index (χ4n) is 12.8. The number of hydrogen-bond donors (Lipinski definition) is 0. The first-order valence-corrected chi connectivity index (χ1v) is 30.2.